The van der Waals surface area contributed by atoms with Crippen molar-refractivity contribution >= 4 is 17.3 Å². The maximum absolute atomic E-state index is 11.6. The van der Waals surface area contributed by atoms with E-state index in [2.05, 4.69) is 39.9 Å². The highest BCUT2D eigenvalue weighted by atomic mass is 16.5. The first-order chi connectivity index (χ1) is 9.04. The number of nitrogens with one attached hydrogen (secondary N) is 1. The number of hydrogen-bond acceptors (Lipinski definition) is 4. The van der Waals surface area contributed by atoms with Crippen molar-refractivity contribution in [2.24, 2.45) is 5.41 Å². The van der Waals surface area contributed by atoms with Crippen LogP contribution in [0.25, 0.3) is 0 Å². The Morgan fingerprint density at radius 2 is 1.85 bits per heavy atom. The van der Waals surface area contributed by atoms with Crippen LogP contribution in [0.1, 0.15) is 51.4 Å². The molecule has 0 heterocycles. The monoisotopic (exact) mass is 278 g/mol. The fourth-order valence-electron chi connectivity index (χ4n) is 2.64. The lowest BCUT2D eigenvalue weighted by atomic mass is 9.81. The number of esters is 1. The summed E-state index contributed by atoms with van der Waals surface area (Å²) < 4.78 is 4.73. The second kappa shape index (κ2) is 5.73. The van der Waals surface area contributed by atoms with Crippen LogP contribution in [-0.4, -0.2) is 18.6 Å². The molecule has 4 heteroatoms. The van der Waals surface area contributed by atoms with Gasteiger partial charge in [-0.1, -0.05) is 20.8 Å². The standard InChI is InChI=1S/C16H26N2O2/c1-15(2,3)10-16(4,5)18-13-9-11(14(19)20-6)7-8-12(13)17/h7-9,18H,10,17H2,1-6H3. The minimum Gasteiger partial charge on any atom is -0.465 e. The molecule has 1 aromatic rings. The summed E-state index contributed by atoms with van der Waals surface area (Å²) in [5.41, 5.74) is 7.95. The molecule has 0 atom stereocenters. The number of ether oxygens (including phenoxy) is 1. The van der Waals surface area contributed by atoms with E-state index < -0.39 is 0 Å². The Hall–Kier alpha value is -1.71. The van der Waals surface area contributed by atoms with E-state index in [1.165, 1.54) is 7.11 Å². The van der Waals surface area contributed by atoms with Gasteiger partial charge in [-0.3, -0.25) is 0 Å². The van der Waals surface area contributed by atoms with Gasteiger partial charge in [0.15, 0.2) is 0 Å². The zero-order valence-corrected chi connectivity index (χ0v) is 13.3. The molecule has 112 valence electrons. The van der Waals surface area contributed by atoms with E-state index in [1.54, 1.807) is 18.2 Å². The summed E-state index contributed by atoms with van der Waals surface area (Å²) in [6.45, 7) is 10.9. The van der Waals surface area contributed by atoms with E-state index in [-0.39, 0.29) is 16.9 Å². The van der Waals surface area contributed by atoms with Crippen LogP contribution in [0.5, 0.6) is 0 Å². The SMILES string of the molecule is COC(=O)c1ccc(N)c(NC(C)(C)CC(C)(C)C)c1. The molecule has 0 amide bonds. The lowest BCUT2D eigenvalue weighted by Gasteiger charge is -2.34. The topological polar surface area (TPSA) is 64.3 Å². The van der Waals surface area contributed by atoms with E-state index in [0.717, 1.165) is 12.1 Å². The number of rotatable bonds is 4. The highest BCUT2D eigenvalue weighted by Crippen LogP contribution is 2.31. The molecule has 4 nitrogen and oxygen atoms in total. The van der Waals surface area contributed by atoms with E-state index >= 15 is 0 Å². The summed E-state index contributed by atoms with van der Waals surface area (Å²) in [4.78, 5) is 11.6. The highest BCUT2D eigenvalue weighted by molar-refractivity contribution is 5.92. The quantitative estimate of drug-likeness (QED) is 0.651. The van der Waals surface area contributed by atoms with E-state index in [0.29, 0.717) is 11.3 Å². The Morgan fingerprint density at radius 3 is 2.35 bits per heavy atom. The zero-order chi connectivity index (χ0) is 15.6. The summed E-state index contributed by atoms with van der Waals surface area (Å²) >= 11 is 0. The van der Waals surface area contributed by atoms with Gasteiger partial charge in [-0.15, -0.1) is 0 Å². The lowest BCUT2D eigenvalue weighted by molar-refractivity contribution is 0.0601. The number of carbonyl (C=O) groups excluding carboxylic acids is 1. The number of nitrogens with two attached hydrogens (primary N) is 1. The maximum Gasteiger partial charge on any atom is 0.337 e. The van der Waals surface area contributed by atoms with Crippen molar-refractivity contribution in [3.63, 3.8) is 0 Å². The summed E-state index contributed by atoms with van der Waals surface area (Å²) in [6, 6.07) is 5.14. The Bertz CT molecular complexity index is 488. The molecule has 20 heavy (non-hydrogen) atoms. The van der Waals surface area contributed by atoms with Crippen molar-refractivity contribution < 1.29 is 9.53 Å². The Kier molecular flexibility index (Phi) is 4.69. The molecule has 1 rings (SSSR count). The maximum atomic E-state index is 11.6. The second-order valence-corrected chi connectivity index (χ2v) is 7.04. The first kappa shape index (κ1) is 16.3. The molecule has 0 aliphatic carbocycles. The number of anilines is 2. The van der Waals surface area contributed by atoms with Gasteiger partial charge < -0.3 is 15.8 Å². The molecule has 0 bridgehead atoms. The van der Waals surface area contributed by atoms with Crippen LogP contribution < -0.4 is 11.1 Å². The molecular formula is C16H26N2O2. The van der Waals surface area contributed by atoms with Crippen LogP contribution in [0.2, 0.25) is 0 Å². The number of hydrogen-bond donors (Lipinski definition) is 2. The molecule has 0 saturated heterocycles. The molecule has 0 aliphatic rings. The normalized spacial score (nSPS) is 12.1. The van der Waals surface area contributed by atoms with Crippen molar-refractivity contribution in [1.29, 1.82) is 0 Å². The first-order valence-electron chi connectivity index (χ1n) is 6.80. The Balaban J connectivity index is 2.99. The molecule has 0 aromatic heterocycles. The molecule has 3 N–H and O–H groups in total. The largest absolute Gasteiger partial charge is 0.465 e. The van der Waals surface area contributed by atoms with Crippen LogP contribution in [0.3, 0.4) is 0 Å². The van der Waals surface area contributed by atoms with Crippen LogP contribution in [0, 0.1) is 5.41 Å². The van der Waals surface area contributed by atoms with Gasteiger partial charge in [0.05, 0.1) is 24.0 Å². The van der Waals surface area contributed by atoms with Gasteiger partial charge in [0.25, 0.3) is 0 Å². The average Bonchev–Trinajstić information content (AvgIpc) is 2.27. The molecule has 0 fully saturated rings. The second-order valence-electron chi connectivity index (χ2n) is 7.04. The fourth-order valence-corrected chi connectivity index (χ4v) is 2.64. The molecule has 0 aliphatic heterocycles. The van der Waals surface area contributed by atoms with Crippen molar-refractivity contribution in [2.45, 2.75) is 46.6 Å². The van der Waals surface area contributed by atoms with Crippen LogP contribution >= 0.6 is 0 Å². The fraction of sp³-hybridized carbons (Fsp3) is 0.562. The Labute approximate surface area is 121 Å². The van der Waals surface area contributed by atoms with E-state index in [4.69, 9.17) is 10.5 Å². The van der Waals surface area contributed by atoms with Gasteiger partial charge >= 0.3 is 5.97 Å². The summed E-state index contributed by atoms with van der Waals surface area (Å²) in [7, 11) is 1.37. The zero-order valence-electron chi connectivity index (χ0n) is 13.3. The van der Waals surface area contributed by atoms with Crippen LogP contribution in [0.4, 0.5) is 11.4 Å². The average molecular weight is 278 g/mol. The number of carbonyl (C=O) groups is 1. The smallest absolute Gasteiger partial charge is 0.337 e. The van der Waals surface area contributed by atoms with Gasteiger partial charge in [0.2, 0.25) is 0 Å². The van der Waals surface area contributed by atoms with Gasteiger partial charge in [-0.05, 0) is 43.9 Å². The molecule has 0 unspecified atom stereocenters. The van der Waals surface area contributed by atoms with Crippen molar-refractivity contribution in [3.8, 4) is 0 Å². The predicted molar refractivity (Wildman–Crippen MR) is 84.0 cm³/mol. The highest BCUT2D eigenvalue weighted by Gasteiger charge is 2.26. The number of nitrogen functional groups attached to an aromatic ring is 1. The number of methoxy groups -OCH3 is 1. The van der Waals surface area contributed by atoms with E-state index in [1.807, 2.05) is 0 Å². The van der Waals surface area contributed by atoms with E-state index in [9.17, 15) is 4.79 Å². The van der Waals surface area contributed by atoms with Gasteiger partial charge in [-0.2, -0.15) is 0 Å². The predicted octanol–water partition coefficient (Wildman–Crippen LogP) is 3.68. The van der Waals surface area contributed by atoms with Crippen molar-refractivity contribution in [3.05, 3.63) is 23.8 Å². The minimum absolute atomic E-state index is 0.124. The third-order valence-electron chi connectivity index (χ3n) is 2.92. The molecule has 0 spiro atoms. The summed E-state index contributed by atoms with van der Waals surface area (Å²) in [6.07, 6.45) is 0.974. The number of benzene rings is 1. The molecule has 0 radical (unpaired) electrons. The van der Waals surface area contributed by atoms with Crippen LogP contribution in [0.15, 0.2) is 18.2 Å². The molecule has 0 saturated carbocycles. The summed E-state index contributed by atoms with van der Waals surface area (Å²) in [5.74, 6) is -0.360. The molecular weight excluding hydrogens is 252 g/mol. The third kappa shape index (κ3) is 4.76. The minimum atomic E-state index is -0.360. The summed E-state index contributed by atoms with van der Waals surface area (Å²) in [5, 5.41) is 3.43. The van der Waals surface area contributed by atoms with Crippen LogP contribution in [-0.2, 0) is 4.74 Å². The van der Waals surface area contributed by atoms with Crippen molar-refractivity contribution in [1.82, 2.24) is 0 Å². The third-order valence-corrected chi connectivity index (χ3v) is 2.92. The Morgan fingerprint density at radius 1 is 1.25 bits per heavy atom. The van der Waals surface area contributed by atoms with Gasteiger partial charge in [0, 0.05) is 5.54 Å². The van der Waals surface area contributed by atoms with Gasteiger partial charge in [0.1, 0.15) is 0 Å². The van der Waals surface area contributed by atoms with Gasteiger partial charge in [-0.25, -0.2) is 4.79 Å². The molecule has 1 aromatic carbocycles. The first-order valence-corrected chi connectivity index (χ1v) is 6.80. The van der Waals surface area contributed by atoms with Crippen molar-refractivity contribution in [2.75, 3.05) is 18.2 Å². The lowest BCUT2D eigenvalue weighted by Crippen LogP contribution is -2.35.